The van der Waals surface area contributed by atoms with Crippen LogP contribution >= 0.6 is 11.3 Å². The minimum Gasteiger partial charge on any atom is -0.397 e. The average Bonchev–Trinajstić information content (AvgIpc) is 2.98. The van der Waals surface area contributed by atoms with Crippen LogP contribution in [0.4, 0.5) is 11.4 Å². The Morgan fingerprint density at radius 1 is 1.19 bits per heavy atom. The van der Waals surface area contributed by atoms with Gasteiger partial charge in [0.05, 0.1) is 17.3 Å². The maximum absolute atomic E-state index is 12.7. The highest BCUT2D eigenvalue weighted by Crippen LogP contribution is 2.35. The van der Waals surface area contributed by atoms with Crippen LogP contribution in [0.1, 0.15) is 52.2 Å². The molecule has 0 saturated carbocycles. The molecular formula is C21H20N4OS. The lowest BCUT2D eigenvalue weighted by Gasteiger charge is -2.12. The number of aromatic nitrogens is 1. The van der Waals surface area contributed by atoms with E-state index in [0.29, 0.717) is 21.8 Å². The number of anilines is 2. The molecule has 0 fully saturated rings. The third kappa shape index (κ3) is 3.51. The molecule has 0 unspecified atom stereocenters. The number of hydrogen-bond donors (Lipinski definition) is 2. The summed E-state index contributed by atoms with van der Waals surface area (Å²) in [6.45, 7) is 0. The zero-order valence-electron chi connectivity index (χ0n) is 14.9. The van der Waals surface area contributed by atoms with Gasteiger partial charge in [-0.15, -0.1) is 11.3 Å². The van der Waals surface area contributed by atoms with E-state index >= 15 is 0 Å². The van der Waals surface area contributed by atoms with E-state index in [4.69, 9.17) is 16.0 Å². The Kier molecular flexibility index (Phi) is 4.78. The van der Waals surface area contributed by atoms with Crippen LogP contribution in [0.3, 0.4) is 0 Å². The van der Waals surface area contributed by atoms with Crippen LogP contribution in [0, 0.1) is 11.3 Å². The van der Waals surface area contributed by atoms with Gasteiger partial charge in [-0.3, -0.25) is 4.79 Å². The van der Waals surface area contributed by atoms with Crippen molar-refractivity contribution in [2.75, 3.05) is 11.1 Å². The SMILES string of the molecule is N#Cc1cccc(NC(=O)c2sc3nc4c(cc3c2N)CCCCCC4)c1. The van der Waals surface area contributed by atoms with Crippen molar-refractivity contribution < 1.29 is 4.79 Å². The summed E-state index contributed by atoms with van der Waals surface area (Å²) in [5.41, 5.74) is 10.3. The van der Waals surface area contributed by atoms with Gasteiger partial charge < -0.3 is 11.1 Å². The first-order valence-electron chi connectivity index (χ1n) is 9.18. The fourth-order valence-corrected chi connectivity index (χ4v) is 4.53. The van der Waals surface area contributed by atoms with Gasteiger partial charge in [-0.05, 0) is 55.5 Å². The largest absolute Gasteiger partial charge is 0.397 e. The Bertz CT molecular complexity index is 1060. The highest BCUT2D eigenvalue weighted by molar-refractivity contribution is 7.21. The molecule has 0 aliphatic heterocycles. The van der Waals surface area contributed by atoms with Crippen molar-refractivity contribution in [1.82, 2.24) is 4.98 Å². The average molecular weight is 376 g/mol. The van der Waals surface area contributed by atoms with Gasteiger partial charge in [-0.25, -0.2) is 4.98 Å². The number of nitrogens with two attached hydrogens (primary N) is 1. The highest BCUT2D eigenvalue weighted by Gasteiger charge is 2.20. The van der Waals surface area contributed by atoms with Crippen molar-refractivity contribution in [1.29, 1.82) is 5.26 Å². The smallest absolute Gasteiger partial charge is 0.267 e. The minimum atomic E-state index is -0.266. The molecule has 4 rings (SSSR count). The first-order valence-corrected chi connectivity index (χ1v) is 9.99. The minimum absolute atomic E-state index is 0.266. The van der Waals surface area contributed by atoms with Crippen molar-refractivity contribution in [3.05, 3.63) is 52.0 Å². The number of fused-ring (bicyclic) bond motifs is 2. The van der Waals surface area contributed by atoms with E-state index in [1.807, 2.05) is 0 Å². The molecule has 1 amide bonds. The molecule has 0 bridgehead atoms. The predicted octanol–water partition coefficient (Wildman–Crippen LogP) is 4.66. The lowest BCUT2D eigenvalue weighted by Crippen LogP contribution is -2.12. The number of pyridine rings is 1. The van der Waals surface area contributed by atoms with Crippen molar-refractivity contribution >= 4 is 38.8 Å². The molecule has 1 aliphatic carbocycles. The molecule has 27 heavy (non-hydrogen) atoms. The molecule has 5 nitrogen and oxygen atoms in total. The van der Waals surface area contributed by atoms with Crippen LogP contribution in [0.25, 0.3) is 10.2 Å². The molecule has 136 valence electrons. The molecule has 3 N–H and O–H groups in total. The summed E-state index contributed by atoms with van der Waals surface area (Å²) in [5.74, 6) is -0.266. The fourth-order valence-electron chi connectivity index (χ4n) is 3.54. The Balaban J connectivity index is 1.68. The number of nitrogens with zero attached hydrogens (tertiary/aromatic N) is 2. The molecule has 6 heteroatoms. The van der Waals surface area contributed by atoms with Crippen molar-refractivity contribution in [2.45, 2.75) is 38.5 Å². The number of nitrogens with one attached hydrogen (secondary N) is 1. The van der Waals surface area contributed by atoms with E-state index in [1.54, 1.807) is 24.3 Å². The van der Waals surface area contributed by atoms with Crippen LogP contribution in [-0.4, -0.2) is 10.9 Å². The molecule has 1 aliphatic rings. The molecule has 1 aromatic carbocycles. The van der Waals surface area contributed by atoms with Gasteiger partial charge in [0.1, 0.15) is 9.71 Å². The second-order valence-electron chi connectivity index (χ2n) is 6.85. The number of amides is 1. The number of carbonyl (C=O) groups excluding carboxylic acids is 1. The summed E-state index contributed by atoms with van der Waals surface area (Å²) in [6.07, 6.45) is 6.86. The summed E-state index contributed by atoms with van der Waals surface area (Å²) in [5, 5.41) is 12.7. The van der Waals surface area contributed by atoms with Gasteiger partial charge in [0.25, 0.3) is 5.91 Å². The molecule has 2 aromatic heterocycles. The third-order valence-electron chi connectivity index (χ3n) is 4.96. The third-order valence-corrected chi connectivity index (χ3v) is 6.07. The first kappa shape index (κ1) is 17.5. The van der Waals surface area contributed by atoms with Crippen LogP contribution < -0.4 is 11.1 Å². The summed E-state index contributed by atoms with van der Waals surface area (Å²) in [4.78, 5) is 18.9. The molecule has 0 saturated heterocycles. The maximum Gasteiger partial charge on any atom is 0.267 e. The van der Waals surface area contributed by atoms with Crippen molar-refractivity contribution in [2.24, 2.45) is 0 Å². The van der Waals surface area contributed by atoms with E-state index < -0.39 is 0 Å². The van der Waals surface area contributed by atoms with Gasteiger partial charge in [0.2, 0.25) is 0 Å². The Hall–Kier alpha value is -2.91. The lowest BCUT2D eigenvalue weighted by molar-refractivity contribution is 0.103. The van der Waals surface area contributed by atoms with Gasteiger partial charge in [0.15, 0.2) is 0 Å². The van der Waals surface area contributed by atoms with E-state index in [1.165, 1.54) is 36.2 Å². The number of nitrogen functional groups attached to an aromatic ring is 1. The Morgan fingerprint density at radius 2 is 2.00 bits per heavy atom. The molecule has 2 heterocycles. The molecule has 0 atom stereocenters. The Morgan fingerprint density at radius 3 is 2.81 bits per heavy atom. The number of aryl methyl sites for hydroxylation is 2. The number of carbonyl (C=O) groups is 1. The van der Waals surface area contributed by atoms with E-state index in [2.05, 4.69) is 17.5 Å². The zero-order valence-corrected chi connectivity index (χ0v) is 15.7. The van der Waals surface area contributed by atoms with Crippen molar-refractivity contribution in [3.8, 4) is 6.07 Å². The second kappa shape index (κ2) is 7.37. The molecular weight excluding hydrogens is 356 g/mol. The summed E-state index contributed by atoms with van der Waals surface area (Å²) in [6, 6.07) is 11.0. The number of hydrogen-bond acceptors (Lipinski definition) is 5. The van der Waals surface area contributed by atoms with Gasteiger partial charge in [0, 0.05) is 16.8 Å². The standard InChI is InChI=1S/C21H20N4OS/c22-12-13-6-5-8-15(10-13)24-20(26)19-18(23)16-11-14-7-3-1-2-4-9-17(14)25-21(16)27-19/h5-6,8,10-11H,1-4,7,9,23H2,(H,24,26). The quantitative estimate of drug-likeness (QED) is 0.680. The topological polar surface area (TPSA) is 91.8 Å². The Labute approximate surface area is 161 Å². The number of rotatable bonds is 2. The molecule has 0 spiro atoms. The normalized spacial score (nSPS) is 14.0. The number of nitriles is 1. The number of benzene rings is 1. The maximum atomic E-state index is 12.7. The highest BCUT2D eigenvalue weighted by atomic mass is 32.1. The van der Waals surface area contributed by atoms with Crippen LogP contribution in [0.15, 0.2) is 30.3 Å². The van der Waals surface area contributed by atoms with E-state index in [0.717, 1.165) is 35.2 Å². The van der Waals surface area contributed by atoms with E-state index in [-0.39, 0.29) is 5.91 Å². The van der Waals surface area contributed by atoms with Gasteiger partial charge >= 0.3 is 0 Å². The lowest BCUT2D eigenvalue weighted by atomic mass is 9.96. The van der Waals surface area contributed by atoms with Crippen LogP contribution in [0.5, 0.6) is 0 Å². The van der Waals surface area contributed by atoms with Crippen molar-refractivity contribution in [3.63, 3.8) is 0 Å². The summed E-state index contributed by atoms with van der Waals surface area (Å²) < 4.78 is 0. The van der Waals surface area contributed by atoms with Crippen LogP contribution in [0.2, 0.25) is 0 Å². The van der Waals surface area contributed by atoms with Gasteiger partial charge in [-0.2, -0.15) is 5.26 Å². The molecule has 3 aromatic rings. The van der Waals surface area contributed by atoms with E-state index in [9.17, 15) is 4.79 Å². The first-order chi connectivity index (χ1) is 13.2. The summed E-state index contributed by atoms with van der Waals surface area (Å²) >= 11 is 1.33. The predicted molar refractivity (Wildman–Crippen MR) is 109 cm³/mol. The monoisotopic (exact) mass is 376 g/mol. The fraction of sp³-hybridized carbons (Fsp3) is 0.286. The zero-order chi connectivity index (χ0) is 18.8. The van der Waals surface area contributed by atoms with Gasteiger partial charge in [-0.1, -0.05) is 18.9 Å². The number of thiophene rings is 1. The van der Waals surface area contributed by atoms with Crippen LogP contribution in [-0.2, 0) is 12.8 Å². The molecule has 0 radical (unpaired) electrons. The second-order valence-corrected chi connectivity index (χ2v) is 7.85. The summed E-state index contributed by atoms with van der Waals surface area (Å²) in [7, 11) is 0.